The van der Waals surface area contributed by atoms with E-state index in [0.717, 1.165) is 18.0 Å². The molecule has 0 radical (unpaired) electrons. The zero-order valence-electron chi connectivity index (χ0n) is 11.1. The molecule has 1 fully saturated rings. The molecule has 1 aliphatic carbocycles. The summed E-state index contributed by atoms with van der Waals surface area (Å²) in [5.41, 5.74) is 0.306. The Hall–Kier alpha value is -0.480. The third-order valence-electron chi connectivity index (χ3n) is 3.82. The Kier molecular flexibility index (Phi) is 4.15. The highest BCUT2D eigenvalue weighted by molar-refractivity contribution is 7.11. The molecule has 0 saturated heterocycles. The minimum Gasteiger partial charge on any atom is -0.308 e. The molecule has 1 aromatic rings. The van der Waals surface area contributed by atoms with Crippen LogP contribution in [0.1, 0.15) is 68.9 Å². The maximum absolute atomic E-state index is 4.45. The molecule has 0 aromatic carbocycles. The number of hydrogen-bond donors (Lipinski definition) is 1. The molecule has 1 aromatic heterocycles. The van der Waals surface area contributed by atoms with Crippen molar-refractivity contribution in [2.45, 2.75) is 64.3 Å². The molecular formula is C13H23N3S. The van der Waals surface area contributed by atoms with E-state index in [4.69, 9.17) is 0 Å². The third-order valence-corrected chi connectivity index (χ3v) is 5.16. The summed E-state index contributed by atoms with van der Waals surface area (Å²) in [5.74, 6) is 0. The van der Waals surface area contributed by atoms with Crippen molar-refractivity contribution in [3.8, 4) is 0 Å². The monoisotopic (exact) mass is 253 g/mol. The summed E-state index contributed by atoms with van der Waals surface area (Å²) in [5, 5.41) is 14.7. The lowest BCUT2D eigenvalue weighted by Crippen LogP contribution is -2.19. The van der Waals surface area contributed by atoms with Crippen molar-refractivity contribution >= 4 is 11.3 Å². The van der Waals surface area contributed by atoms with Gasteiger partial charge in [0.25, 0.3) is 0 Å². The van der Waals surface area contributed by atoms with Gasteiger partial charge in [0, 0.05) is 5.41 Å². The van der Waals surface area contributed by atoms with Gasteiger partial charge in [0.15, 0.2) is 0 Å². The van der Waals surface area contributed by atoms with Gasteiger partial charge in [-0.2, -0.15) is 0 Å². The molecule has 1 aliphatic rings. The van der Waals surface area contributed by atoms with Gasteiger partial charge in [0.1, 0.15) is 10.0 Å². The molecule has 1 heterocycles. The summed E-state index contributed by atoms with van der Waals surface area (Å²) in [6.45, 7) is 7.68. The van der Waals surface area contributed by atoms with Crippen LogP contribution >= 0.6 is 11.3 Å². The number of aromatic nitrogens is 2. The van der Waals surface area contributed by atoms with Gasteiger partial charge in [-0.1, -0.05) is 44.9 Å². The summed E-state index contributed by atoms with van der Waals surface area (Å²) in [7, 11) is 0. The van der Waals surface area contributed by atoms with Crippen molar-refractivity contribution in [3.05, 3.63) is 10.0 Å². The van der Waals surface area contributed by atoms with E-state index in [-0.39, 0.29) is 0 Å². The minimum atomic E-state index is 0.306. The maximum atomic E-state index is 4.45. The van der Waals surface area contributed by atoms with Crippen molar-refractivity contribution < 1.29 is 0 Å². The molecule has 1 unspecified atom stereocenters. The zero-order valence-corrected chi connectivity index (χ0v) is 11.9. The Bertz CT molecular complexity index is 355. The molecule has 1 atom stereocenters. The van der Waals surface area contributed by atoms with Gasteiger partial charge >= 0.3 is 0 Å². The Labute approximate surface area is 108 Å². The molecule has 0 spiro atoms. The number of nitrogens with zero attached hydrogens (tertiary/aromatic N) is 2. The average Bonchev–Trinajstić information content (AvgIpc) is 2.95. The van der Waals surface area contributed by atoms with E-state index in [0.29, 0.717) is 11.5 Å². The highest BCUT2D eigenvalue weighted by atomic mass is 32.1. The Morgan fingerprint density at radius 2 is 2.00 bits per heavy atom. The van der Waals surface area contributed by atoms with Gasteiger partial charge < -0.3 is 5.32 Å². The molecule has 1 N–H and O–H groups in total. The van der Waals surface area contributed by atoms with Gasteiger partial charge in [-0.05, 0) is 25.8 Å². The van der Waals surface area contributed by atoms with E-state index >= 15 is 0 Å². The normalized spacial score (nSPS) is 20.6. The first-order chi connectivity index (χ1) is 8.19. The van der Waals surface area contributed by atoms with Gasteiger partial charge in [0.05, 0.1) is 6.04 Å². The van der Waals surface area contributed by atoms with E-state index in [1.54, 1.807) is 0 Å². The van der Waals surface area contributed by atoms with Crippen LogP contribution in [0.3, 0.4) is 0 Å². The molecule has 0 amide bonds. The van der Waals surface area contributed by atoms with Gasteiger partial charge in [-0.3, -0.25) is 0 Å². The standard InChI is InChI=1S/C13H23N3S/c1-4-10(14-5-2)11-15-16-12(17-11)13(3)8-6-7-9-13/h10,14H,4-9H2,1-3H3. The lowest BCUT2D eigenvalue weighted by molar-refractivity contribution is 0.482. The molecule has 2 rings (SSSR count). The lowest BCUT2D eigenvalue weighted by Gasteiger charge is -2.19. The topological polar surface area (TPSA) is 37.8 Å². The van der Waals surface area contributed by atoms with Crippen molar-refractivity contribution in [1.82, 2.24) is 15.5 Å². The van der Waals surface area contributed by atoms with Crippen LogP contribution in [0.25, 0.3) is 0 Å². The smallest absolute Gasteiger partial charge is 0.134 e. The number of rotatable bonds is 5. The summed E-state index contributed by atoms with van der Waals surface area (Å²) in [6, 6.07) is 0.385. The second-order valence-electron chi connectivity index (χ2n) is 5.23. The van der Waals surface area contributed by atoms with Gasteiger partial charge in [-0.15, -0.1) is 10.2 Å². The van der Waals surface area contributed by atoms with Crippen LogP contribution in [0.2, 0.25) is 0 Å². The SMILES string of the molecule is CCNC(CC)c1nnc(C2(C)CCCC2)s1. The molecular weight excluding hydrogens is 230 g/mol. The van der Waals surface area contributed by atoms with Gasteiger partial charge in [-0.25, -0.2) is 0 Å². The van der Waals surface area contributed by atoms with Crippen molar-refractivity contribution in [2.75, 3.05) is 6.54 Å². The van der Waals surface area contributed by atoms with Gasteiger partial charge in [0.2, 0.25) is 0 Å². The van der Waals surface area contributed by atoms with Crippen molar-refractivity contribution in [1.29, 1.82) is 0 Å². The minimum absolute atomic E-state index is 0.306. The summed E-state index contributed by atoms with van der Waals surface area (Å²) < 4.78 is 0. The largest absolute Gasteiger partial charge is 0.308 e. The second-order valence-corrected chi connectivity index (χ2v) is 6.24. The third kappa shape index (κ3) is 2.68. The van der Waals surface area contributed by atoms with Crippen LogP contribution in [0.15, 0.2) is 0 Å². The highest BCUT2D eigenvalue weighted by Gasteiger charge is 2.34. The van der Waals surface area contributed by atoms with E-state index in [2.05, 4.69) is 36.3 Å². The Balaban J connectivity index is 2.14. The fourth-order valence-electron chi connectivity index (χ4n) is 2.64. The number of nitrogens with one attached hydrogen (secondary N) is 1. The van der Waals surface area contributed by atoms with E-state index in [1.807, 2.05) is 11.3 Å². The first-order valence-corrected chi connectivity index (χ1v) is 7.58. The van der Waals surface area contributed by atoms with E-state index < -0.39 is 0 Å². The second kappa shape index (κ2) is 5.44. The van der Waals surface area contributed by atoms with E-state index in [9.17, 15) is 0 Å². The molecule has 0 aliphatic heterocycles. The predicted molar refractivity (Wildman–Crippen MR) is 72.4 cm³/mol. The molecule has 0 bridgehead atoms. The maximum Gasteiger partial charge on any atom is 0.134 e. The van der Waals surface area contributed by atoms with Crippen LogP contribution in [-0.4, -0.2) is 16.7 Å². The van der Waals surface area contributed by atoms with Crippen LogP contribution in [0, 0.1) is 0 Å². The van der Waals surface area contributed by atoms with Crippen molar-refractivity contribution in [2.24, 2.45) is 0 Å². The van der Waals surface area contributed by atoms with Crippen LogP contribution in [0.4, 0.5) is 0 Å². The number of hydrogen-bond acceptors (Lipinski definition) is 4. The van der Waals surface area contributed by atoms with Crippen LogP contribution < -0.4 is 5.32 Å². The van der Waals surface area contributed by atoms with Crippen LogP contribution in [-0.2, 0) is 5.41 Å². The molecule has 17 heavy (non-hydrogen) atoms. The molecule has 1 saturated carbocycles. The fourth-order valence-corrected chi connectivity index (χ4v) is 3.85. The Morgan fingerprint density at radius 3 is 2.59 bits per heavy atom. The first-order valence-electron chi connectivity index (χ1n) is 6.77. The predicted octanol–water partition coefficient (Wildman–Crippen LogP) is 3.43. The summed E-state index contributed by atoms with van der Waals surface area (Å²) in [6.07, 6.45) is 6.32. The quantitative estimate of drug-likeness (QED) is 0.873. The van der Waals surface area contributed by atoms with Crippen molar-refractivity contribution in [3.63, 3.8) is 0 Å². The lowest BCUT2D eigenvalue weighted by atomic mass is 9.90. The van der Waals surface area contributed by atoms with E-state index in [1.165, 1.54) is 30.7 Å². The molecule has 4 heteroatoms. The van der Waals surface area contributed by atoms with Crippen LogP contribution in [0.5, 0.6) is 0 Å². The summed E-state index contributed by atoms with van der Waals surface area (Å²) >= 11 is 1.82. The highest BCUT2D eigenvalue weighted by Crippen LogP contribution is 2.42. The average molecular weight is 253 g/mol. The summed E-state index contributed by atoms with van der Waals surface area (Å²) in [4.78, 5) is 0. The zero-order chi connectivity index (χ0) is 12.3. The first kappa shape index (κ1) is 13.0. The Morgan fingerprint density at radius 1 is 1.29 bits per heavy atom. The molecule has 3 nitrogen and oxygen atoms in total. The molecule has 96 valence electrons. The fraction of sp³-hybridized carbons (Fsp3) is 0.846.